The van der Waals surface area contributed by atoms with Gasteiger partial charge >= 0.3 is 6.09 Å². The number of amides is 4. The quantitative estimate of drug-likeness (QED) is 0.0998. The SMILES string of the molecule is COc1cc(/C=C(/NC(=O)c2ccccc2)C(=O)Nc2cccc(SCC(=O)Nc3sc4c(c3C#N)CCN(C(=O)OC(C)(C)C)C4)c2)cc(OC)c1OC. The second-order valence-electron chi connectivity index (χ2n) is 13.1. The minimum atomic E-state index is -0.630. The lowest BCUT2D eigenvalue weighted by molar-refractivity contribution is -0.114. The zero-order chi connectivity index (χ0) is 39.7. The molecule has 15 heteroatoms. The first-order valence-electron chi connectivity index (χ1n) is 17.1. The first-order valence-corrected chi connectivity index (χ1v) is 18.9. The van der Waals surface area contributed by atoms with Crippen molar-refractivity contribution in [3.8, 4) is 23.3 Å². The lowest BCUT2D eigenvalue weighted by Crippen LogP contribution is -2.39. The molecule has 55 heavy (non-hydrogen) atoms. The fourth-order valence-electron chi connectivity index (χ4n) is 5.56. The Balaban J connectivity index is 1.28. The van der Waals surface area contributed by atoms with Crippen molar-refractivity contribution in [2.24, 2.45) is 0 Å². The van der Waals surface area contributed by atoms with Crippen LogP contribution >= 0.6 is 23.1 Å². The fourth-order valence-corrected chi connectivity index (χ4v) is 7.54. The van der Waals surface area contributed by atoms with E-state index in [2.05, 4.69) is 22.0 Å². The number of thioether (sulfide) groups is 1. The number of ether oxygens (including phenoxy) is 4. The van der Waals surface area contributed by atoms with Gasteiger partial charge in [0.2, 0.25) is 11.7 Å². The average molecular weight is 784 g/mol. The number of nitrogens with one attached hydrogen (secondary N) is 3. The molecule has 0 spiro atoms. The number of benzene rings is 3. The summed E-state index contributed by atoms with van der Waals surface area (Å²) in [5.74, 6) is -0.292. The lowest BCUT2D eigenvalue weighted by Gasteiger charge is -2.29. The van der Waals surface area contributed by atoms with E-state index in [1.54, 1.807) is 92.4 Å². The van der Waals surface area contributed by atoms with Crippen molar-refractivity contribution in [1.29, 1.82) is 5.26 Å². The first-order chi connectivity index (χ1) is 26.3. The van der Waals surface area contributed by atoms with Crippen LogP contribution in [0.25, 0.3) is 6.08 Å². The van der Waals surface area contributed by atoms with E-state index in [0.29, 0.717) is 69.0 Å². The Morgan fingerprint density at radius 1 is 0.945 bits per heavy atom. The van der Waals surface area contributed by atoms with Gasteiger partial charge in [0.05, 0.1) is 39.2 Å². The van der Waals surface area contributed by atoms with E-state index < -0.39 is 23.5 Å². The summed E-state index contributed by atoms with van der Waals surface area (Å²) >= 11 is 2.52. The van der Waals surface area contributed by atoms with Crippen LogP contribution in [-0.4, -0.2) is 67.9 Å². The van der Waals surface area contributed by atoms with Crippen LogP contribution in [0.1, 0.15) is 52.7 Å². The van der Waals surface area contributed by atoms with Gasteiger partial charge in [0.25, 0.3) is 11.8 Å². The van der Waals surface area contributed by atoms with E-state index in [1.807, 2.05) is 0 Å². The number of thiophene rings is 1. The van der Waals surface area contributed by atoms with E-state index in [1.165, 1.54) is 50.5 Å². The highest BCUT2D eigenvalue weighted by molar-refractivity contribution is 8.00. The summed E-state index contributed by atoms with van der Waals surface area (Å²) in [7, 11) is 4.44. The minimum absolute atomic E-state index is 0.0221. The van der Waals surface area contributed by atoms with Crippen LogP contribution in [0, 0.1) is 11.3 Å². The molecule has 3 N–H and O–H groups in total. The maximum absolute atomic E-state index is 13.8. The highest BCUT2D eigenvalue weighted by Gasteiger charge is 2.30. The molecule has 2 heterocycles. The van der Waals surface area contributed by atoms with Gasteiger partial charge in [-0.2, -0.15) is 5.26 Å². The molecule has 0 atom stereocenters. The smallest absolute Gasteiger partial charge is 0.410 e. The van der Waals surface area contributed by atoms with E-state index >= 15 is 0 Å². The minimum Gasteiger partial charge on any atom is -0.493 e. The van der Waals surface area contributed by atoms with Crippen LogP contribution in [-0.2, 0) is 27.3 Å². The van der Waals surface area contributed by atoms with Crippen LogP contribution in [0.3, 0.4) is 0 Å². The van der Waals surface area contributed by atoms with Crippen molar-refractivity contribution in [3.63, 3.8) is 0 Å². The summed E-state index contributed by atoms with van der Waals surface area (Å²) < 4.78 is 21.9. The van der Waals surface area contributed by atoms with Gasteiger partial charge in [-0.1, -0.05) is 24.3 Å². The normalized spacial score (nSPS) is 12.5. The highest BCUT2D eigenvalue weighted by Crippen LogP contribution is 2.39. The number of hydrogen-bond acceptors (Lipinski definition) is 11. The molecular formula is C40H41N5O8S2. The Morgan fingerprint density at radius 3 is 2.29 bits per heavy atom. The Morgan fingerprint density at radius 2 is 1.65 bits per heavy atom. The Labute approximate surface area is 327 Å². The van der Waals surface area contributed by atoms with Crippen LogP contribution in [0.5, 0.6) is 17.2 Å². The maximum atomic E-state index is 13.8. The molecule has 0 aliphatic carbocycles. The number of carbonyl (C=O) groups is 4. The van der Waals surface area contributed by atoms with Crippen molar-refractivity contribution in [1.82, 2.24) is 10.2 Å². The van der Waals surface area contributed by atoms with Crippen molar-refractivity contribution in [2.45, 2.75) is 44.2 Å². The Kier molecular flexibility index (Phi) is 13.1. The zero-order valence-electron chi connectivity index (χ0n) is 31.2. The van der Waals surface area contributed by atoms with Gasteiger partial charge in [-0.25, -0.2) is 4.79 Å². The van der Waals surface area contributed by atoms with Crippen molar-refractivity contribution >= 4 is 63.7 Å². The molecule has 0 saturated heterocycles. The molecule has 3 aromatic carbocycles. The van der Waals surface area contributed by atoms with E-state index in [-0.39, 0.29) is 17.4 Å². The molecule has 0 fully saturated rings. The summed E-state index contributed by atoms with van der Waals surface area (Å²) in [5.41, 5.74) is 1.83. The summed E-state index contributed by atoms with van der Waals surface area (Å²) in [5, 5.41) is 18.8. The molecule has 1 aliphatic heterocycles. The van der Waals surface area contributed by atoms with Gasteiger partial charge < -0.3 is 39.8 Å². The molecule has 0 radical (unpaired) electrons. The third kappa shape index (κ3) is 10.4. The topological polar surface area (TPSA) is 168 Å². The van der Waals surface area contributed by atoms with Crippen molar-refractivity contribution in [2.75, 3.05) is 44.3 Å². The summed E-state index contributed by atoms with van der Waals surface area (Å²) in [4.78, 5) is 55.8. The monoisotopic (exact) mass is 783 g/mol. The summed E-state index contributed by atoms with van der Waals surface area (Å²) in [6.07, 6.45) is 1.55. The number of anilines is 2. The predicted octanol–water partition coefficient (Wildman–Crippen LogP) is 7.08. The lowest BCUT2D eigenvalue weighted by atomic mass is 10.0. The summed E-state index contributed by atoms with van der Waals surface area (Å²) in [6.45, 7) is 6.12. The van der Waals surface area contributed by atoms with Crippen molar-refractivity contribution < 1.29 is 38.1 Å². The second kappa shape index (κ2) is 17.9. The van der Waals surface area contributed by atoms with Crippen LogP contribution in [0.4, 0.5) is 15.5 Å². The van der Waals surface area contributed by atoms with E-state index in [9.17, 15) is 24.4 Å². The zero-order valence-corrected chi connectivity index (χ0v) is 32.9. The van der Waals surface area contributed by atoms with Gasteiger partial charge in [-0.3, -0.25) is 14.4 Å². The molecular weight excluding hydrogens is 743 g/mol. The second-order valence-corrected chi connectivity index (χ2v) is 15.3. The highest BCUT2D eigenvalue weighted by atomic mass is 32.2. The number of nitriles is 1. The number of rotatable bonds is 12. The van der Waals surface area contributed by atoms with Crippen LogP contribution < -0.4 is 30.2 Å². The molecule has 0 bridgehead atoms. The van der Waals surface area contributed by atoms with Gasteiger partial charge in [-0.05, 0) is 86.9 Å². The summed E-state index contributed by atoms with van der Waals surface area (Å²) in [6, 6.07) is 20.9. The molecule has 0 unspecified atom stereocenters. The molecule has 286 valence electrons. The van der Waals surface area contributed by atoms with Gasteiger partial charge in [-0.15, -0.1) is 23.1 Å². The van der Waals surface area contributed by atoms with Gasteiger partial charge in [0.15, 0.2) is 11.5 Å². The molecule has 13 nitrogen and oxygen atoms in total. The Hall–Kier alpha value is -5.98. The van der Waals surface area contributed by atoms with Crippen LogP contribution in [0.15, 0.2) is 77.3 Å². The molecule has 0 saturated carbocycles. The first kappa shape index (κ1) is 40.2. The number of nitrogens with zero attached hydrogens (tertiary/aromatic N) is 2. The third-order valence-electron chi connectivity index (χ3n) is 8.06. The average Bonchev–Trinajstić information content (AvgIpc) is 3.52. The number of hydrogen-bond donors (Lipinski definition) is 3. The van der Waals surface area contributed by atoms with Gasteiger partial charge in [0.1, 0.15) is 22.4 Å². The maximum Gasteiger partial charge on any atom is 0.410 e. The number of carbonyl (C=O) groups excluding carboxylic acids is 4. The van der Waals surface area contributed by atoms with E-state index in [4.69, 9.17) is 18.9 Å². The Bertz CT molecular complexity index is 2130. The molecule has 1 aliphatic rings. The standard InChI is InChI=1S/C40H41N5O8S2/c1-40(2,3)53-39(49)45-16-15-28-29(21-41)38(55-33(28)22-45)44-34(46)23-54-27-14-10-13-26(20-27)42-37(48)30(43-36(47)25-11-8-7-9-12-25)17-24-18-31(50-4)35(52-6)32(19-24)51-5/h7-14,17-20H,15-16,22-23H2,1-6H3,(H,42,48)(H,43,47)(H,44,46)/b30-17+. The predicted molar refractivity (Wildman–Crippen MR) is 212 cm³/mol. The largest absolute Gasteiger partial charge is 0.493 e. The van der Waals surface area contributed by atoms with E-state index in [0.717, 1.165) is 10.4 Å². The molecule has 4 aromatic rings. The molecule has 5 rings (SSSR count). The molecule has 4 amide bonds. The third-order valence-corrected chi connectivity index (χ3v) is 10.2. The number of methoxy groups -OCH3 is 3. The molecule has 1 aromatic heterocycles. The van der Waals surface area contributed by atoms with Gasteiger partial charge in [0, 0.05) is 27.6 Å². The van der Waals surface area contributed by atoms with Crippen molar-refractivity contribution in [3.05, 3.63) is 99.6 Å². The van der Waals surface area contributed by atoms with Crippen LogP contribution in [0.2, 0.25) is 0 Å². The fraction of sp³-hybridized carbons (Fsp3) is 0.275. The number of fused-ring (bicyclic) bond motifs is 1.